The van der Waals surface area contributed by atoms with E-state index in [1.807, 2.05) is 50.3 Å². The van der Waals surface area contributed by atoms with Crippen LogP contribution in [0.5, 0.6) is 0 Å². The summed E-state index contributed by atoms with van der Waals surface area (Å²) in [5, 5.41) is 21.5. The minimum absolute atomic E-state index is 0. The van der Waals surface area contributed by atoms with Crippen molar-refractivity contribution in [3.8, 4) is 0 Å². The number of nitrogens with zero attached hydrogens (tertiary/aromatic N) is 9. The van der Waals surface area contributed by atoms with E-state index >= 15 is 0 Å². The normalized spacial score (nSPS) is 26.7. The van der Waals surface area contributed by atoms with Crippen molar-refractivity contribution >= 4 is 99.6 Å². The van der Waals surface area contributed by atoms with Crippen LogP contribution in [0.25, 0.3) is 0 Å². The predicted molar refractivity (Wildman–Crippen MR) is 474 cm³/mol. The number of hydrogen-bond acceptors (Lipinski definition) is 27. The van der Waals surface area contributed by atoms with Crippen molar-refractivity contribution in [1.29, 1.82) is 0 Å². The highest BCUT2D eigenvalue weighted by molar-refractivity contribution is 7.80. The quantitative estimate of drug-likeness (QED) is 0.00470. The van der Waals surface area contributed by atoms with Gasteiger partial charge in [-0.25, -0.2) is 39.4 Å². The Bertz CT molecular complexity index is 4140. The molecule has 0 unspecified atom stereocenters. The Labute approximate surface area is 759 Å². The smallest absolute Gasteiger partial charge is 0.418 e. The first-order chi connectivity index (χ1) is 59.9. The van der Waals surface area contributed by atoms with Gasteiger partial charge >= 0.3 is 57.4 Å². The van der Waals surface area contributed by atoms with E-state index in [0.29, 0.717) is 143 Å². The number of halogens is 3. The monoisotopic (exact) mass is 1870 g/mol. The van der Waals surface area contributed by atoms with Gasteiger partial charge in [0.05, 0.1) is 38.4 Å². The van der Waals surface area contributed by atoms with Crippen molar-refractivity contribution in [2.24, 2.45) is 100 Å². The number of rotatable bonds is 29. The maximum atomic E-state index is 12.8. The molecule has 4 bridgehead atoms. The number of carbonyl (C=O) groups is 9. The van der Waals surface area contributed by atoms with Gasteiger partial charge in [0.1, 0.15) is 25.0 Å². The number of urea groups is 2. The molecule has 4 atom stereocenters. The lowest BCUT2D eigenvalue weighted by atomic mass is 9.74. The van der Waals surface area contributed by atoms with Crippen molar-refractivity contribution in [3.63, 3.8) is 0 Å². The van der Waals surface area contributed by atoms with Crippen molar-refractivity contribution in [1.82, 2.24) is 53.1 Å². The van der Waals surface area contributed by atoms with Crippen molar-refractivity contribution in [2.45, 2.75) is 266 Å². The van der Waals surface area contributed by atoms with Crippen LogP contribution in [0.3, 0.4) is 0 Å². The first kappa shape index (κ1) is 111. The molecule has 11 fully saturated rings. The Hall–Kier alpha value is -8.06. The molecule has 0 spiro atoms. The van der Waals surface area contributed by atoms with Crippen LogP contribution in [0.2, 0.25) is 0 Å². The number of amides is 6. The van der Waals surface area contributed by atoms with Gasteiger partial charge in [0.15, 0.2) is 5.78 Å². The van der Waals surface area contributed by atoms with Crippen LogP contribution in [0.1, 0.15) is 246 Å². The summed E-state index contributed by atoms with van der Waals surface area (Å²) in [6.07, 6.45) is 31.2. The standard InChI is InChI=1S/C23H31N3O4.C14H21N5O6S.C10H18O2.C10H16O2.C8H16N2O.C6H12O.C6H10O.C5H8O2.C3Cl3N3O3.H4N2.H2O/c1-16-11-18(12-16)7-9-20(27)13-24-22(28)21-10-8-19-14-25(21)23(29)26(19)30-15-17-5-3-2-4-6-17;15-9-5-8(6-9)1-4-12-16-17-13(24-12)11-3-2-10-7-18(11)14(20)19(10)25-26(21,22)23;2*1-3-12-10(11)5-4-9-6-8(2)7-9;1-6-4-7(5-6)2-3-8(11)10-9;2*1-5-2-6(3-5)4-7;1-3-5(6)7-4-2;4-7-1(10)8(5)3(12)9(6)2(7)11;1-2;/h2-6,16,18-19,21H,7-15H2,1H3,(H,24,28);8-11H,1-7,15H2,(H,21,22,23);8-9H,3-7H2,1-2H3;4-5,8-9H,3,6-7H2,1-2H3;6-7H,2-5,9H2,1H3,(H,10,11);5-7H,2-4H2,1H3;4-6H,2-3H2,1H3;3H,1,4H2,2H3;;1-2H2;1H2/b;;;5-4+;;;;;;;/t16?,18?,19-,21+;8?,9?,10-,11+;;;;;;;;;/m11........./s1. The Kier molecular flexibility index (Phi) is 50.1. The molecule has 0 radical (unpaired) electrons. The molecule has 4 saturated heterocycles. The third-order valence-electron chi connectivity index (χ3n) is 23.8. The van der Waals surface area contributed by atoms with Gasteiger partial charge in [0.2, 0.25) is 23.6 Å². The highest BCUT2D eigenvalue weighted by Crippen LogP contribution is 2.42. The molecule has 3 aromatic rings. The number of ether oxygens (including phenoxy) is 3. The lowest BCUT2D eigenvalue weighted by molar-refractivity contribution is -0.144. The van der Waals surface area contributed by atoms with E-state index < -0.39 is 51.6 Å². The zero-order valence-corrected chi connectivity index (χ0v) is 77.9. The lowest BCUT2D eigenvalue weighted by Crippen LogP contribution is -2.50. The second-order valence-electron chi connectivity index (χ2n) is 34.7. The average molecular weight is 1880 g/mol. The summed E-state index contributed by atoms with van der Waals surface area (Å²) in [6, 6.07) is 7.68. The van der Waals surface area contributed by atoms with Crippen LogP contribution in [0.4, 0.5) is 9.59 Å². The number of piperidine rings is 2. The minimum atomic E-state index is -4.76. The molecule has 6 heterocycles. The average Bonchev–Trinajstić information content (AvgIpc) is 1.61. The Morgan fingerprint density at radius 3 is 1.53 bits per heavy atom. The van der Waals surface area contributed by atoms with E-state index in [1.54, 1.807) is 17.9 Å². The van der Waals surface area contributed by atoms with Crippen molar-refractivity contribution in [2.75, 3.05) is 46.1 Å². The largest absolute Gasteiger partial charge is 0.466 e. The van der Waals surface area contributed by atoms with Crippen molar-refractivity contribution in [3.05, 3.63) is 104 Å². The molecule has 2 aromatic heterocycles. The molecule has 14 N–H and O–H groups in total. The number of hydrogen-bond donors (Lipinski definition) is 8. The molecule has 11 aliphatic rings. The van der Waals surface area contributed by atoms with Crippen LogP contribution in [-0.2, 0) is 80.3 Å². The SMILES string of the molecule is C=CC(=O)OCC.CC1CC(C=O)C1.CC1CC(CCC(=O)CNC(=O)[C@@H]2CC[C@@H]3CN2C(=O)N3OCc2ccccc2)C1.CC1CC(CCC(=O)NN)C1.CC1CC(CO)C1.CCOC(=O)/C=C/C1CC(C)C1.CCOC(=O)CCC1CC(C)C1.NC1CC(CCc2nnc([C@@H]3CC[C@@H]4CN3C(=O)N4OS(=O)(=O)O)o2)C1.NN.O.O=c1n(Cl)c(=O)n(Cl)c(=O)n1Cl. The first-order valence-electron chi connectivity index (χ1n) is 44.0. The van der Waals surface area contributed by atoms with E-state index in [2.05, 4.69) is 89.8 Å². The van der Waals surface area contributed by atoms with Crippen LogP contribution in [0.15, 0.2) is 73.9 Å². The number of fused-ring (bicyclic) bond motifs is 4. The molecule has 4 aliphatic heterocycles. The fraction of sp³-hybridized carbons (Fsp3) is 0.718. The van der Waals surface area contributed by atoms with Gasteiger partial charge in [-0.1, -0.05) is 84.5 Å². The molecule has 6 amide bonds. The second kappa shape index (κ2) is 57.2. The molecule has 42 heteroatoms. The molecule has 7 saturated carbocycles. The second-order valence-corrected chi connectivity index (χ2v) is 36.7. The summed E-state index contributed by atoms with van der Waals surface area (Å²) in [5.74, 6) is 22.6. The minimum Gasteiger partial charge on any atom is -0.466 e. The van der Waals surface area contributed by atoms with E-state index in [-0.39, 0.29) is 78.4 Å². The Morgan fingerprint density at radius 2 is 1.07 bits per heavy atom. The maximum absolute atomic E-state index is 12.8. The molecule has 127 heavy (non-hydrogen) atoms. The number of hydroxylamine groups is 4. The number of nitrogens with two attached hydrogens (primary N) is 4. The Balaban J connectivity index is 0.000000315. The molecule has 7 aliphatic carbocycles. The zero-order chi connectivity index (χ0) is 93.5. The Morgan fingerprint density at radius 1 is 0.606 bits per heavy atom. The third kappa shape index (κ3) is 38.1. The molecule has 718 valence electrons. The third-order valence-corrected chi connectivity index (χ3v) is 25.1. The molecule has 14 rings (SSSR count). The number of allylic oxidation sites excluding steroid dienone is 1. The van der Waals surface area contributed by atoms with Gasteiger partial charge in [-0.2, -0.15) is 18.5 Å². The number of carbonyl (C=O) groups excluding carboxylic acids is 9. The molecular weight excluding hydrogens is 1740 g/mol. The summed E-state index contributed by atoms with van der Waals surface area (Å²) in [7, 11) is -4.76. The van der Waals surface area contributed by atoms with Gasteiger partial charge < -0.3 is 54.9 Å². The summed E-state index contributed by atoms with van der Waals surface area (Å²) >= 11 is 15.3. The predicted octanol–water partition coefficient (Wildman–Crippen LogP) is 8.81. The summed E-state index contributed by atoms with van der Waals surface area (Å²) in [5.41, 5.74) is 5.43. The summed E-state index contributed by atoms with van der Waals surface area (Å²) < 4.78 is 55.1. The highest BCUT2D eigenvalue weighted by atomic mass is 35.5. The number of aliphatic hydroxyl groups is 1. The number of aromatic nitrogens is 5. The van der Waals surface area contributed by atoms with Gasteiger partial charge in [-0.15, -0.1) is 26.7 Å². The fourth-order valence-electron chi connectivity index (χ4n) is 16.9. The van der Waals surface area contributed by atoms with Gasteiger partial charge in [-0.05, 0) is 239 Å². The summed E-state index contributed by atoms with van der Waals surface area (Å²) in [6.45, 7) is 25.0. The van der Waals surface area contributed by atoms with E-state index in [1.165, 1.54) is 74.2 Å². The topological polar surface area (TPSA) is 552 Å². The maximum Gasteiger partial charge on any atom is 0.418 e. The van der Waals surface area contributed by atoms with E-state index in [4.69, 9.17) is 75.3 Å². The number of benzene rings is 1. The summed E-state index contributed by atoms with van der Waals surface area (Å²) in [4.78, 5) is 144. The van der Waals surface area contributed by atoms with Gasteiger partial charge in [0, 0.05) is 105 Å². The van der Waals surface area contributed by atoms with E-state index in [0.717, 1.165) is 117 Å². The number of hydrazine groups is 2. The number of aliphatic hydroxyl groups excluding tert-OH is 1. The van der Waals surface area contributed by atoms with Gasteiger partial charge in [0.25, 0.3) is 0 Å². The van der Waals surface area contributed by atoms with Crippen LogP contribution in [0, 0.1) is 76.9 Å². The van der Waals surface area contributed by atoms with Gasteiger partial charge in [-0.3, -0.25) is 45.7 Å². The number of Topliss-reactive ketones (excluding diaryl/α,β-unsaturated/α-hetero) is 1. The zero-order valence-electron chi connectivity index (χ0n) is 74.8. The number of aldehydes is 1. The molecular formula is C85H138Cl3N15O23S. The highest BCUT2D eigenvalue weighted by Gasteiger charge is 2.50. The first-order valence-corrected chi connectivity index (χ1v) is 46.4. The van der Waals surface area contributed by atoms with Crippen LogP contribution in [-0.4, -0.2) is 190 Å². The number of esters is 3. The number of nitrogens with one attached hydrogen (secondary N) is 2. The number of ketones is 1. The fourth-order valence-corrected chi connectivity index (χ4v) is 17.8. The van der Waals surface area contributed by atoms with Crippen molar-refractivity contribution < 1.29 is 94.5 Å². The molecule has 38 nitrogen and oxygen atoms in total. The lowest BCUT2D eigenvalue weighted by Gasteiger charge is -2.32. The van der Waals surface area contributed by atoms with Crippen LogP contribution < -0.4 is 51.1 Å². The van der Waals surface area contributed by atoms with E-state index in [9.17, 15) is 66.0 Å². The van der Waals surface area contributed by atoms with Crippen LogP contribution >= 0.6 is 35.3 Å². The number of aryl methyl sites for hydroxylation is 1. The molecule has 1 aromatic carbocycles.